The van der Waals surface area contributed by atoms with E-state index in [9.17, 15) is 4.79 Å². The van der Waals surface area contributed by atoms with E-state index >= 15 is 0 Å². The van der Waals surface area contributed by atoms with Gasteiger partial charge in [-0.3, -0.25) is 9.79 Å². The Bertz CT molecular complexity index is 531. The normalized spacial score (nSPS) is 16.7. The lowest BCUT2D eigenvalue weighted by molar-refractivity contribution is 0.0954. The first-order chi connectivity index (χ1) is 10.5. The second-order valence-corrected chi connectivity index (χ2v) is 6.43. The van der Waals surface area contributed by atoms with Crippen molar-refractivity contribution in [3.8, 4) is 0 Å². The third-order valence-electron chi connectivity index (χ3n) is 3.92. The van der Waals surface area contributed by atoms with Crippen molar-refractivity contribution in [3.63, 3.8) is 0 Å². The topological polar surface area (TPSA) is 56.7 Å². The zero-order valence-electron chi connectivity index (χ0n) is 14.1. The zero-order valence-corrected chi connectivity index (χ0v) is 16.5. The van der Waals surface area contributed by atoms with Gasteiger partial charge in [0.1, 0.15) is 0 Å². The van der Waals surface area contributed by atoms with E-state index in [2.05, 4.69) is 34.4 Å². The second kappa shape index (κ2) is 9.10. The molecule has 1 amide bonds. The van der Waals surface area contributed by atoms with E-state index in [-0.39, 0.29) is 29.9 Å². The van der Waals surface area contributed by atoms with E-state index in [0.29, 0.717) is 24.1 Å². The quantitative estimate of drug-likeness (QED) is 0.334. The second-order valence-electron chi connectivity index (χ2n) is 6.43. The summed E-state index contributed by atoms with van der Waals surface area (Å²) < 4.78 is 0. The van der Waals surface area contributed by atoms with Crippen molar-refractivity contribution < 1.29 is 4.79 Å². The molecule has 5 nitrogen and oxygen atoms in total. The van der Waals surface area contributed by atoms with Gasteiger partial charge in [-0.2, -0.15) is 0 Å². The summed E-state index contributed by atoms with van der Waals surface area (Å²) in [5.74, 6) is 0.874. The molecule has 2 rings (SSSR count). The van der Waals surface area contributed by atoms with Crippen molar-refractivity contribution >= 4 is 35.8 Å². The number of guanidine groups is 1. The monoisotopic (exact) mass is 430 g/mol. The van der Waals surface area contributed by atoms with E-state index in [0.717, 1.165) is 19.0 Å². The predicted molar refractivity (Wildman–Crippen MR) is 106 cm³/mol. The van der Waals surface area contributed by atoms with Crippen LogP contribution in [0.4, 0.5) is 0 Å². The maximum atomic E-state index is 11.9. The number of hydrogen-bond donors (Lipinski definition) is 2. The highest BCUT2D eigenvalue weighted by Gasteiger charge is 2.30. The summed E-state index contributed by atoms with van der Waals surface area (Å²) in [4.78, 5) is 18.5. The lowest BCUT2D eigenvalue weighted by Gasteiger charge is -2.23. The van der Waals surface area contributed by atoms with E-state index < -0.39 is 0 Å². The predicted octanol–water partition coefficient (Wildman–Crippen LogP) is 2.34. The molecule has 23 heavy (non-hydrogen) atoms. The molecule has 1 saturated heterocycles. The lowest BCUT2D eigenvalue weighted by Crippen LogP contribution is -2.43. The fraction of sp³-hybridized carbons (Fsp3) is 0.529. The van der Waals surface area contributed by atoms with Gasteiger partial charge in [-0.05, 0) is 24.0 Å². The highest BCUT2D eigenvalue weighted by atomic mass is 127. The summed E-state index contributed by atoms with van der Waals surface area (Å²) in [6.45, 7) is 7.85. The van der Waals surface area contributed by atoms with Crippen LogP contribution in [-0.4, -0.2) is 50.0 Å². The first kappa shape index (κ1) is 19.7. The van der Waals surface area contributed by atoms with Gasteiger partial charge in [0, 0.05) is 38.8 Å². The van der Waals surface area contributed by atoms with Crippen LogP contribution in [0.25, 0.3) is 0 Å². The third kappa shape index (κ3) is 6.01. The summed E-state index contributed by atoms with van der Waals surface area (Å²) in [5.41, 5.74) is 1.03. The molecule has 1 aromatic carbocycles. The standard InChI is InChI=1S/C17H26N4O.HI/c1-17(2)9-12-21(13-17)16(18-3)20-11-10-19-15(22)14-7-5-4-6-8-14;/h4-8H,9-13H2,1-3H3,(H,18,20)(H,19,22);1H. The SMILES string of the molecule is CN=C(NCCNC(=O)c1ccccc1)N1CCC(C)(C)C1.I. The van der Waals surface area contributed by atoms with Crippen LogP contribution in [0, 0.1) is 5.41 Å². The molecule has 128 valence electrons. The minimum absolute atomic E-state index is 0. The molecule has 0 radical (unpaired) electrons. The van der Waals surface area contributed by atoms with Gasteiger partial charge in [-0.1, -0.05) is 32.0 Å². The Balaban J connectivity index is 0.00000264. The molecule has 0 spiro atoms. The number of amides is 1. The van der Waals surface area contributed by atoms with Crippen LogP contribution in [0.5, 0.6) is 0 Å². The fourth-order valence-corrected chi connectivity index (χ4v) is 2.67. The van der Waals surface area contributed by atoms with Crippen molar-refractivity contribution in [2.45, 2.75) is 20.3 Å². The van der Waals surface area contributed by atoms with Gasteiger partial charge in [-0.25, -0.2) is 0 Å². The first-order valence-electron chi connectivity index (χ1n) is 7.81. The van der Waals surface area contributed by atoms with E-state index in [4.69, 9.17) is 0 Å². The molecule has 0 unspecified atom stereocenters. The summed E-state index contributed by atoms with van der Waals surface area (Å²) in [5, 5.41) is 6.23. The van der Waals surface area contributed by atoms with Gasteiger partial charge in [-0.15, -0.1) is 24.0 Å². The highest BCUT2D eigenvalue weighted by Crippen LogP contribution is 2.28. The van der Waals surface area contributed by atoms with Gasteiger partial charge < -0.3 is 15.5 Å². The molecule has 1 fully saturated rings. The largest absolute Gasteiger partial charge is 0.354 e. The first-order valence-corrected chi connectivity index (χ1v) is 7.81. The van der Waals surface area contributed by atoms with Crippen LogP contribution in [0.15, 0.2) is 35.3 Å². The maximum Gasteiger partial charge on any atom is 0.251 e. The molecule has 6 heteroatoms. The minimum atomic E-state index is -0.0420. The van der Waals surface area contributed by atoms with Crippen molar-refractivity contribution in [2.24, 2.45) is 10.4 Å². The average Bonchev–Trinajstić information content (AvgIpc) is 2.88. The number of nitrogens with one attached hydrogen (secondary N) is 2. The molecule has 0 bridgehead atoms. The van der Waals surface area contributed by atoms with Crippen molar-refractivity contribution in [1.82, 2.24) is 15.5 Å². The van der Waals surface area contributed by atoms with E-state index in [1.807, 2.05) is 30.3 Å². The summed E-state index contributed by atoms with van der Waals surface area (Å²) in [6.07, 6.45) is 1.18. The molecule has 2 N–H and O–H groups in total. The van der Waals surface area contributed by atoms with Crippen LogP contribution < -0.4 is 10.6 Å². The number of carbonyl (C=O) groups excluding carboxylic acids is 1. The molecule has 1 aromatic rings. The Morgan fingerprint density at radius 1 is 1.22 bits per heavy atom. The van der Waals surface area contributed by atoms with Gasteiger partial charge in [0.05, 0.1) is 0 Å². The Hall–Kier alpha value is -1.31. The van der Waals surface area contributed by atoms with Crippen molar-refractivity contribution in [2.75, 3.05) is 33.2 Å². The Labute approximate surface area is 156 Å². The molecule has 0 saturated carbocycles. The van der Waals surface area contributed by atoms with Crippen molar-refractivity contribution in [1.29, 1.82) is 0 Å². The number of hydrogen-bond acceptors (Lipinski definition) is 2. The maximum absolute atomic E-state index is 11.9. The molecule has 0 aromatic heterocycles. The zero-order chi connectivity index (χ0) is 16.0. The Kier molecular flexibility index (Phi) is 7.81. The van der Waals surface area contributed by atoms with Gasteiger partial charge in [0.2, 0.25) is 0 Å². The summed E-state index contributed by atoms with van der Waals surface area (Å²) in [6, 6.07) is 9.26. The molecular weight excluding hydrogens is 403 g/mol. The number of rotatable bonds is 4. The highest BCUT2D eigenvalue weighted by molar-refractivity contribution is 14.0. The van der Waals surface area contributed by atoms with Gasteiger partial charge in [0.15, 0.2) is 5.96 Å². The summed E-state index contributed by atoms with van der Waals surface area (Å²) >= 11 is 0. The van der Waals surface area contributed by atoms with Crippen LogP contribution in [-0.2, 0) is 0 Å². The number of carbonyl (C=O) groups is 1. The van der Waals surface area contributed by atoms with Crippen LogP contribution in [0.3, 0.4) is 0 Å². The van der Waals surface area contributed by atoms with Crippen LogP contribution >= 0.6 is 24.0 Å². The molecule has 0 atom stereocenters. The molecular formula is C17H27IN4O. The minimum Gasteiger partial charge on any atom is -0.354 e. The summed E-state index contributed by atoms with van der Waals surface area (Å²) in [7, 11) is 1.80. The lowest BCUT2D eigenvalue weighted by atomic mass is 9.93. The number of aliphatic imine (C=N–C) groups is 1. The number of nitrogens with zero attached hydrogens (tertiary/aromatic N) is 2. The number of benzene rings is 1. The van der Waals surface area contributed by atoms with Crippen LogP contribution in [0.1, 0.15) is 30.6 Å². The molecule has 1 aliphatic rings. The molecule has 1 heterocycles. The number of halogens is 1. The molecule has 1 aliphatic heterocycles. The van der Waals surface area contributed by atoms with E-state index in [1.165, 1.54) is 6.42 Å². The molecule has 0 aliphatic carbocycles. The van der Waals surface area contributed by atoms with Crippen molar-refractivity contribution in [3.05, 3.63) is 35.9 Å². The smallest absolute Gasteiger partial charge is 0.251 e. The fourth-order valence-electron chi connectivity index (χ4n) is 2.67. The average molecular weight is 430 g/mol. The van der Waals surface area contributed by atoms with Crippen LogP contribution in [0.2, 0.25) is 0 Å². The Morgan fingerprint density at radius 2 is 1.87 bits per heavy atom. The number of likely N-dealkylation sites (tertiary alicyclic amines) is 1. The van der Waals surface area contributed by atoms with E-state index in [1.54, 1.807) is 7.05 Å². The third-order valence-corrected chi connectivity index (χ3v) is 3.92. The van der Waals surface area contributed by atoms with Gasteiger partial charge >= 0.3 is 0 Å². The Morgan fingerprint density at radius 3 is 2.43 bits per heavy atom. The van der Waals surface area contributed by atoms with Gasteiger partial charge in [0.25, 0.3) is 5.91 Å².